The number of fused-ring (bicyclic) bond motifs is 21. The van der Waals surface area contributed by atoms with E-state index in [0.29, 0.717) is 17.4 Å². The van der Waals surface area contributed by atoms with Crippen molar-refractivity contribution >= 4 is 21.5 Å². The molecule has 2 aromatic heterocycles. The van der Waals surface area contributed by atoms with Gasteiger partial charge in [0.05, 0.1) is 44.7 Å². The van der Waals surface area contributed by atoms with Gasteiger partial charge in [-0.3, -0.25) is 0 Å². The Morgan fingerprint density at radius 1 is 0.194 bits per heavy atom. The van der Waals surface area contributed by atoms with Crippen molar-refractivity contribution in [1.82, 2.24) is 19.9 Å². The van der Waals surface area contributed by atoms with Crippen LogP contribution in [0.4, 0.5) is 0 Å². The largest absolute Gasteiger partial charge is 0.456 e. The van der Waals surface area contributed by atoms with E-state index in [1.54, 1.807) is 0 Å². The number of rotatable bonds is 9. The maximum atomic E-state index is 7.42. The lowest BCUT2D eigenvalue weighted by atomic mass is 9.65. The molecule has 4 heterocycles. The second-order valence-electron chi connectivity index (χ2n) is 28.6. The van der Waals surface area contributed by atoms with Gasteiger partial charge in [0.2, 0.25) is 0 Å². The van der Waals surface area contributed by atoms with Crippen molar-refractivity contribution in [3.05, 3.63) is 421 Å². The van der Waals surface area contributed by atoms with Gasteiger partial charge in [-0.05, 0) is 166 Å². The highest BCUT2D eigenvalue weighted by atomic mass is 16.5. The summed E-state index contributed by atoms with van der Waals surface area (Å²) >= 11 is 0. The Balaban J connectivity index is 0.748. The molecule has 22 rings (SSSR count). The predicted molar refractivity (Wildman–Crippen MR) is 436 cm³/mol. The Kier molecular flexibility index (Phi) is 13.7. The molecule has 0 N–H and O–H groups in total. The standard InChI is InChI=1S/C102H62N4O2/c1-4-26-63(27-5-1)67-33-22-34-69(56-67)91-62-93(106-100(104-91)80-40-24-48-88-97(80)107-94-50-20-18-45-85(94)101(88)82-42-15-12-36-77(82)78-37-13-16-43-83(78)101)73-59-71(64-28-6-2-7-29-64)58-72(60-73)76-39-23-47-87-96(76)79-38-14-17-44-84(79)102(87)86-46-19-21-51-95(86)108-98-81(41-25-49-89(98)102)99-103-90(66-31-8-3-9-32-66)61-92(105-99)70-54-55-75-68(57-70)53-52-65-30-10-11-35-74(65)75/h1-62H. The van der Waals surface area contributed by atoms with Crippen LogP contribution in [0.5, 0.6) is 23.0 Å². The first-order chi connectivity index (χ1) is 53.5. The van der Waals surface area contributed by atoms with Gasteiger partial charge in [0, 0.05) is 44.5 Å². The summed E-state index contributed by atoms with van der Waals surface area (Å²) in [6.07, 6.45) is 0. The van der Waals surface area contributed by atoms with Crippen LogP contribution in [0.15, 0.2) is 376 Å². The average Bonchev–Trinajstić information content (AvgIpc) is 1.48. The molecule has 16 aromatic carbocycles. The zero-order valence-electron chi connectivity index (χ0n) is 58.4. The molecule has 6 heteroatoms. The molecule has 0 saturated carbocycles. The molecule has 18 aromatic rings. The van der Waals surface area contributed by atoms with Gasteiger partial charge in [0.15, 0.2) is 11.6 Å². The summed E-state index contributed by atoms with van der Waals surface area (Å²) in [5, 5.41) is 4.77. The number of para-hydroxylation sites is 4. The quantitative estimate of drug-likeness (QED) is 0.134. The number of ether oxygens (including phenoxy) is 2. The van der Waals surface area contributed by atoms with Crippen LogP contribution in [0.3, 0.4) is 0 Å². The Labute approximate surface area is 624 Å². The predicted octanol–water partition coefficient (Wildman–Crippen LogP) is 25.5. The van der Waals surface area contributed by atoms with Crippen LogP contribution in [0.1, 0.15) is 44.5 Å². The van der Waals surface area contributed by atoms with Crippen molar-refractivity contribution in [2.24, 2.45) is 0 Å². The molecule has 502 valence electrons. The minimum absolute atomic E-state index is 0.550. The van der Waals surface area contributed by atoms with Crippen LogP contribution in [0, 0.1) is 0 Å². The van der Waals surface area contributed by atoms with Gasteiger partial charge in [0.1, 0.15) is 23.0 Å². The molecule has 1 atom stereocenters. The van der Waals surface area contributed by atoms with Crippen LogP contribution in [0.2, 0.25) is 0 Å². The second kappa shape index (κ2) is 24.2. The van der Waals surface area contributed by atoms with Crippen molar-refractivity contribution in [3.63, 3.8) is 0 Å². The first-order valence-electron chi connectivity index (χ1n) is 36.9. The van der Waals surface area contributed by atoms with E-state index in [1.165, 1.54) is 38.4 Å². The van der Waals surface area contributed by atoms with E-state index in [2.05, 4.69) is 370 Å². The molecule has 4 aliphatic rings. The molecule has 108 heavy (non-hydrogen) atoms. The zero-order chi connectivity index (χ0) is 71.0. The molecule has 0 fully saturated rings. The summed E-state index contributed by atoms with van der Waals surface area (Å²) in [4.78, 5) is 22.6. The summed E-state index contributed by atoms with van der Waals surface area (Å²) in [5.74, 6) is 4.13. The molecule has 6 nitrogen and oxygen atoms in total. The highest BCUT2D eigenvalue weighted by Gasteiger charge is 2.54. The number of benzene rings is 16. The number of nitrogens with zero attached hydrogens (tertiary/aromatic N) is 4. The van der Waals surface area contributed by atoms with Crippen LogP contribution in [-0.4, -0.2) is 19.9 Å². The minimum Gasteiger partial charge on any atom is -0.456 e. The molecule has 2 aliphatic carbocycles. The molecular weight excluding hydrogens is 1310 g/mol. The summed E-state index contributed by atoms with van der Waals surface area (Å²) in [6, 6.07) is 135. The molecule has 1 unspecified atom stereocenters. The molecule has 2 aliphatic heterocycles. The van der Waals surface area contributed by atoms with E-state index >= 15 is 0 Å². The lowest BCUT2D eigenvalue weighted by Crippen LogP contribution is -2.32. The summed E-state index contributed by atoms with van der Waals surface area (Å²) in [7, 11) is 0. The van der Waals surface area contributed by atoms with Crippen LogP contribution >= 0.6 is 0 Å². The van der Waals surface area contributed by atoms with E-state index in [-0.39, 0.29) is 0 Å². The third-order valence-corrected chi connectivity index (χ3v) is 22.8. The van der Waals surface area contributed by atoms with Gasteiger partial charge in [-0.2, -0.15) is 0 Å². The van der Waals surface area contributed by atoms with Crippen LogP contribution < -0.4 is 9.47 Å². The Hall–Kier alpha value is -14.2. The number of hydrogen-bond donors (Lipinski definition) is 0. The molecule has 0 radical (unpaired) electrons. The highest BCUT2D eigenvalue weighted by Crippen LogP contribution is 2.66. The van der Waals surface area contributed by atoms with Gasteiger partial charge < -0.3 is 9.47 Å². The van der Waals surface area contributed by atoms with E-state index in [0.717, 1.165) is 157 Å². The molecular formula is C102H62N4O2. The summed E-state index contributed by atoms with van der Waals surface area (Å²) in [5.41, 5.74) is 27.2. The van der Waals surface area contributed by atoms with Gasteiger partial charge in [-0.25, -0.2) is 19.9 Å². The van der Waals surface area contributed by atoms with Crippen molar-refractivity contribution in [2.75, 3.05) is 0 Å². The van der Waals surface area contributed by atoms with Crippen LogP contribution in [-0.2, 0) is 10.8 Å². The van der Waals surface area contributed by atoms with Crippen molar-refractivity contribution in [3.8, 4) is 146 Å². The topological polar surface area (TPSA) is 70.0 Å². The number of hydrogen-bond acceptors (Lipinski definition) is 6. The smallest absolute Gasteiger partial charge is 0.164 e. The summed E-state index contributed by atoms with van der Waals surface area (Å²) in [6.45, 7) is 0. The lowest BCUT2D eigenvalue weighted by Gasteiger charge is -2.40. The second-order valence-corrected chi connectivity index (χ2v) is 28.6. The molecule has 0 saturated heterocycles. The van der Waals surface area contributed by atoms with Gasteiger partial charge >= 0.3 is 0 Å². The van der Waals surface area contributed by atoms with Gasteiger partial charge in [0.25, 0.3) is 0 Å². The van der Waals surface area contributed by atoms with E-state index < -0.39 is 10.8 Å². The van der Waals surface area contributed by atoms with Gasteiger partial charge in [-0.15, -0.1) is 0 Å². The zero-order valence-corrected chi connectivity index (χ0v) is 58.4. The fraction of sp³-hybridized carbons (Fsp3) is 0.0196. The highest BCUT2D eigenvalue weighted by molar-refractivity contribution is 6.09. The van der Waals surface area contributed by atoms with Crippen molar-refractivity contribution in [2.45, 2.75) is 10.8 Å². The van der Waals surface area contributed by atoms with E-state index in [4.69, 9.17) is 29.4 Å². The van der Waals surface area contributed by atoms with E-state index in [9.17, 15) is 0 Å². The third-order valence-electron chi connectivity index (χ3n) is 22.8. The van der Waals surface area contributed by atoms with Crippen molar-refractivity contribution in [1.29, 1.82) is 0 Å². The fourth-order valence-corrected chi connectivity index (χ4v) is 18.2. The minimum atomic E-state index is -0.855. The Morgan fingerprint density at radius 2 is 0.574 bits per heavy atom. The first kappa shape index (κ1) is 61.3. The maximum absolute atomic E-state index is 7.42. The normalized spacial score (nSPS) is 14.2. The molecule has 2 spiro atoms. The Morgan fingerprint density at radius 3 is 1.19 bits per heavy atom. The fourth-order valence-electron chi connectivity index (χ4n) is 18.2. The number of aromatic nitrogens is 4. The molecule has 0 amide bonds. The average molecular weight is 1380 g/mol. The van der Waals surface area contributed by atoms with E-state index in [1.807, 2.05) is 6.07 Å². The maximum Gasteiger partial charge on any atom is 0.164 e. The SMILES string of the molecule is c1ccc(-c2cccc(-c3cc(-c4cc(-c5ccccc5)cc(-c5cccc6c5-c5ccccc5C65c6ccccc6Oc6c(-c7nc(-c8ccccc8)cc(-c8ccc9c(ccc%10ccccc%109)c8)n7)cccc65)c4)nc(-c4cccc5c4Oc4ccccc4C54c5ccccc5-c5ccccc54)n3)c2)cc1. The van der Waals surface area contributed by atoms with Crippen molar-refractivity contribution < 1.29 is 9.47 Å². The van der Waals surface area contributed by atoms with Gasteiger partial charge in [-0.1, -0.05) is 309 Å². The van der Waals surface area contributed by atoms with Crippen LogP contribution in [0.25, 0.3) is 145 Å². The summed E-state index contributed by atoms with van der Waals surface area (Å²) < 4.78 is 14.8. The molecule has 0 bridgehead atoms. The lowest BCUT2D eigenvalue weighted by molar-refractivity contribution is 0.437. The first-order valence-corrected chi connectivity index (χ1v) is 36.9. The Bertz CT molecular complexity index is 6720. The third kappa shape index (κ3) is 9.27. The monoisotopic (exact) mass is 1370 g/mol.